The molecule has 0 aliphatic heterocycles. The van der Waals surface area contributed by atoms with Gasteiger partial charge < -0.3 is 14.2 Å². The smallest absolute Gasteiger partial charge is 0.313 e. The van der Waals surface area contributed by atoms with Gasteiger partial charge in [0, 0.05) is 6.61 Å². The van der Waals surface area contributed by atoms with Gasteiger partial charge in [0.05, 0.1) is 19.6 Å². The Morgan fingerprint density at radius 1 is 1.04 bits per heavy atom. The number of carbonyl (C=O) groups excluding carboxylic acids is 1. The fraction of sp³-hybridized carbons (Fsp3) is 0.450. The number of ether oxygens (including phenoxy) is 3. The van der Waals surface area contributed by atoms with Crippen LogP contribution in [0.3, 0.4) is 0 Å². The molecule has 0 fully saturated rings. The predicted molar refractivity (Wildman–Crippen MR) is 95.6 cm³/mol. The first-order chi connectivity index (χ1) is 11.7. The third-order valence-corrected chi connectivity index (χ3v) is 4.04. The molecule has 130 valence electrons. The molecular formula is C20H26O4. The number of hydrogen-bond acceptors (Lipinski definition) is 4. The van der Waals surface area contributed by atoms with Gasteiger partial charge in [-0.25, -0.2) is 0 Å². The summed E-state index contributed by atoms with van der Waals surface area (Å²) in [7, 11) is 1.65. The number of esters is 1. The van der Waals surface area contributed by atoms with Crippen molar-refractivity contribution in [2.24, 2.45) is 0 Å². The molecule has 24 heavy (non-hydrogen) atoms. The van der Waals surface area contributed by atoms with Crippen LogP contribution in [0.5, 0.6) is 5.75 Å². The maximum atomic E-state index is 12.2. The van der Waals surface area contributed by atoms with E-state index in [9.17, 15) is 4.79 Å². The fourth-order valence-electron chi connectivity index (χ4n) is 2.45. The second-order valence-electron chi connectivity index (χ2n) is 5.83. The largest absolute Gasteiger partial charge is 0.497 e. The van der Waals surface area contributed by atoms with Crippen molar-refractivity contribution < 1.29 is 19.0 Å². The highest BCUT2D eigenvalue weighted by Crippen LogP contribution is 2.25. The van der Waals surface area contributed by atoms with Crippen molar-refractivity contribution in [2.45, 2.75) is 32.6 Å². The third-order valence-electron chi connectivity index (χ3n) is 4.04. The molecule has 0 radical (unpaired) electrons. The van der Waals surface area contributed by atoms with Crippen molar-refractivity contribution in [2.75, 3.05) is 26.9 Å². The molecule has 2 aromatic carbocycles. The second-order valence-corrected chi connectivity index (χ2v) is 5.83. The van der Waals surface area contributed by atoms with Gasteiger partial charge in [-0.1, -0.05) is 37.6 Å². The molecule has 0 heterocycles. The molecular weight excluding hydrogens is 304 g/mol. The highest BCUT2D eigenvalue weighted by molar-refractivity contribution is 5.86. The lowest BCUT2D eigenvalue weighted by atomic mass is 9.98. The maximum Gasteiger partial charge on any atom is 0.313 e. The van der Waals surface area contributed by atoms with Gasteiger partial charge in [-0.3, -0.25) is 4.79 Å². The van der Waals surface area contributed by atoms with Gasteiger partial charge in [-0.2, -0.15) is 0 Å². The van der Waals surface area contributed by atoms with Gasteiger partial charge in [0.25, 0.3) is 0 Å². The quantitative estimate of drug-likeness (QED) is 0.507. The van der Waals surface area contributed by atoms with E-state index in [1.165, 1.54) is 0 Å². The van der Waals surface area contributed by atoms with Gasteiger partial charge in [0.2, 0.25) is 0 Å². The fourth-order valence-corrected chi connectivity index (χ4v) is 2.45. The lowest BCUT2D eigenvalue weighted by Crippen LogP contribution is -2.16. The van der Waals surface area contributed by atoms with Crippen LogP contribution in [0.4, 0.5) is 0 Å². The first-order valence-corrected chi connectivity index (χ1v) is 8.47. The first-order valence-electron chi connectivity index (χ1n) is 8.47. The van der Waals surface area contributed by atoms with Crippen LogP contribution in [-0.2, 0) is 14.3 Å². The predicted octanol–water partition coefficient (Wildman–Crippen LogP) is 4.31. The van der Waals surface area contributed by atoms with Gasteiger partial charge in [-0.15, -0.1) is 0 Å². The van der Waals surface area contributed by atoms with E-state index in [0.29, 0.717) is 13.2 Å². The molecule has 0 saturated carbocycles. The van der Waals surface area contributed by atoms with Crippen LogP contribution in [0, 0.1) is 0 Å². The highest BCUT2D eigenvalue weighted by atomic mass is 16.6. The average Bonchev–Trinajstić information content (AvgIpc) is 2.62. The Morgan fingerprint density at radius 3 is 2.54 bits per heavy atom. The Balaban J connectivity index is 1.92. The molecule has 0 bridgehead atoms. The first kappa shape index (κ1) is 18.3. The molecule has 0 saturated heterocycles. The highest BCUT2D eigenvalue weighted by Gasteiger charge is 2.17. The summed E-state index contributed by atoms with van der Waals surface area (Å²) in [5.74, 6) is 0.305. The van der Waals surface area contributed by atoms with Crippen molar-refractivity contribution in [1.29, 1.82) is 0 Å². The lowest BCUT2D eigenvalue weighted by molar-refractivity contribution is -0.146. The average molecular weight is 330 g/mol. The summed E-state index contributed by atoms with van der Waals surface area (Å²) in [6.45, 7) is 5.46. The van der Waals surface area contributed by atoms with E-state index in [1.807, 2.05) is 43.3 Å². The summed E-state index contributed by atoms with van der Waals surface area (Å²) in [4.78, 5) is 12.2. The van der Waals surface area contributed by atoms with Crippen molar-refractivity contribution in [1.82, 2.24) is 0 Å². The van der Waals surface area contributed by atoms with Gasteiger partial charge in [-0.05, 0) is 41.8 Å². The second kappa shape index (κ2) is 9.28. The molecule has 2 rings (SSSR count). The van der Waals surface area contributed by atoms with Crippen molar-refractivity contribution >= 4 is 16.7 Å². The topological polar surface area (TPSA) is 44.8 Å². The molecule has 1 atom stereocenters. The number of unbranched alkanes of at least 4 members (excludes halogenated alkanes) is 1. The molecule has 0 aromatic heterocycles. The summed E-state index contributed by atoms with van der Waals surface area (Å²) in [6, 6.07) is 11.9. The summed E-state index contributed by atoms with van der Waals surface area (Å²) >= 11 is 0. The standard InChI is InChI=1S/C20H26O4/c1-4-5-10-23-11-12-24-20(21)15(2)16-6-7-18-14-19(22-3)9-8-17(18)13-16/h6-9,13-15H,4-5,10-12H2,1-3H3. The van der Waals surface area contributed by atoms with Crippen LogP contribution in [0.1, 0.15) is 38.2 Å². The Kier molecular flexibility index (Phi) is 7.07. The molecule has 0 N–H and O–H groups in total. The van der Waals surface area contributed by atoms with Crippen molar-refractivity contribution in [3.05, 3.63) is 42.0 Å². The van der Waals surface area contributed by atoms with Crippen molar-refractivity contribution in [3.63, 3.8) is 0 Å². The lowest BCUT2D eigenvalue weighted by Gasteiger charge is -2.13. The summed E-state index contributed by atoms with van der Waals surface area (Å²) < 4.78 is 15.9. The maximum absolute atomic E-state index is 12.2. The van der Waals surface area contributed by atoms with Crippen LogP contribution in [0.2, 0.25) is 0 Å². The van der Waals surface area contributed by atoms with E-state index in [-0.39, 0.29) is 11.9 Å². The van der Waals surface area contributed by atoms with Crippen LogP contribution in [0.15, 0.2) is 36.4 Å². The monoisotopic (exact) mass is 330 g/mol. The zero-order chi connectivity index (χ0) is 17.4. The molecule has 0 aliphatic carbocycles. The van der Waals surface area contributed by atoms with Crippen LogP contribution < -0.4 is 4.74 Å². The van der Waals surface area contributed by atoms with E-state index in [2.05, 4.69) is 6.92 Å². The summed E-state index contributed by atoms with van der Waals surface area (Å²) in [5, 5.41) is 2.17. The molecule has 0 aliphatic rings. The Hall–Kier alpha value is -2.07. The van der Waals surface area contributed by atoms with Crippen LogP contribution in [-0.4, -0.2) is 32.9 Å². The number of fused-ring (bicyclic) bond motifs is 1. The minimum absolute atomic E-state index is 0.220. The van der Waals surface area contributed by atoms with Crippen LogP contribution in [0.25, 0.3) is 10.8 Å². The third kappa shape index (κ3) is 4.96. The molecule has 2 aromatic rings. The van der Waals surface area contributed by atoms with E-state index in [4.69, 9.17) is 14.2 Å². The normalized spacial score (nSPS) is 12.1. The van der Waals surface area contributed by atoms with Gasteiger partial charge in [0.15, 0.2) is 0 Å². The number of benzene rings is 2. The van der Waals surface area contributed by atoms with Gasteiger partial charge >= 0.3 is 5.97 Å². The van der Waals surface area contributed by atoms with E-state index in [0.717, 1.165) is 41.5 Å². The number of hydrogen-bond donors (Lipinski definition) is 0. The van der Waals surface area contributed by atoms with Crippen LogP contribution >= 0.6 is 0 Å². The Bertz CT molecular complexity index is 666. The van der Waals surface area contributed by atoms with Crippen molar-refractivity contribution in [3.8, 4) is 5.75 Å². The molecule has 4 heteroatoms. The number of methoxy groups -OCH3 is 1. The molecule has 4 nitrogen and oxygen atoms in total. The van der Waals surface area contributed by atoms with E-state index < -0.39 is 0 Å². The minimum Gasteiger partial charge on any atom is -0.497 e. The molecule has 0 amide bonds. The summed E-state index contributed by atoms with van der Waals surface area (Å²) in [6.07, 6.45) is 2.14. The SMILES string of the molecule is CCCCOCCOC(=O)C(C)c1ccc2cc(OC)ccc2c1. The Labute approximate surface area is 143 Å². The van der Waals surface area contributed by atoms with Gasteiger partial charge in [0.1, 0.15) is 12.4 Å². The molecule has 0 spiro atoms. The van der Waals surface area contributed by atoms with E-state index in [1.54, 1.807) is 7.11 Å². The number of carbonyl (C=O) groups is 1. The Morgan fingerprint density at radius 2 is 1.79 bits per heavy atom. The minimum atomic E-state index is -0.299. The zero-order valence-corrected chi connectivity index (χ0v) is 14.7. The summed E-state index contributed by atoms with van der Waals surface area (Å²) in [5.41, 5.74) is 0.949. The molecule has 1 unspecified atom stereocenters. The zero-order valence-electron chi connectivity index (χ0n) is 14.7. The number of rotatable bonds is 9. The van der Waals surface area contributed by atoms with E-state index >= 15 is 0 Å².